The van der Waals surface area contributed by atoms with Crippen molar-refractivity contribution < 1.29 is 18.0 Å². The van der Waals surface area contributed by atoms with Crippen LogP contribution >= 0.6 is 0 Å². The molecule has 0 fully saturated rings. The van der Waals surface area contributed by atoms with Crippen LogP contribution in [0.4, 0.5) is 24.7 Å². The third kappa shape index (κ3) is 4.47. The Labute approximate surface area is 138 Å². The minimum absolute atomic E-state index is 0.211. The van der Waals surface area contributed by atoms with Gasteiger partial charge in [0, 0.05) is 12.7 Å². The van der Waals surface area contributed by atoms with Gasteiger partial charge in [-0.2, -0.15) is 0 Å². The SMILES string of the molecule is CCCCCNC(=O)c1ccc(Nc2ccc(F)c(F)c2F)nc1. The van der Waals surface area contributed by atoms with Crippen LogP contribution in [0.25, 0.3) is 0 Å². The van der Waals surface area contributed by atoms with Crippen molar-refractivity contribution >= 4 is 17.4 Å². The number of nitrogens with zero attached hydrogens (tertiary/aromatic N) is 1. The zero-order chi connectivity index (χ0) is 17.5. The highest BCUT2D eigenvalue weighted by molar-refractivity contribution is 5.94. The first-order chi connectivity index (χ1) is 11.5. The maximum atomic E-state index is 13.6. The van der Waals surface area contributed by atoms with Gasteiger partial charge in [0.25, 0.3) is 5.91 Å². The number of nitrogens with one attached hydrogen (secondary N) is 2. The van der Waals surface area contributed by atoms with Crippen molar-refractivity contribution in [3.63, 3.8) is 0 Å². The molecule has 4 nitrogen and oxygen atoms in total. The molecule has 0 aliphatic heterocycles. The van der Waals surface area contributed by atoms with Crippen LogP contribution in [0.5, 0.6) is 0 Å². The Bertz CT molecular complexity index is 705. The Morgan fingerprint density at radius 3 is 2.54 bits per heavy atom. The van der Waals surface area contributed by atoms with E-state index in [1.54, 1.807) is 0 Å². The second kappa shape index (κ2) is 8.33. The van der Waals surface area contributed by atoms with E-state index in [2.05, 4.69) is 22.5 Å². The molecule has 0 saturated heterocycles. The van der Waals surface area contributed by atoms with E-state index in [4.69, 9.17) is 0 Å². The van der Waals surface area contributed by atoms with Crippen LogP contribution in [-0.4, -0.2) is 17.4 Å². The molecule has 2 N–H and O–H groups in total. The van der Waals surface area contributed by atoms with E-state index >= 15 is 0 Å². The zero-order valence-corrected chi connectivity index (χ0v) is 13.2. The minimum Gasteiger partial charge on any atom is -0.352 e. The topological polar surface area (TPSA) is 54.0 Å². The number of carbonyl (C=O) groups is 1. The molecule has 128 valence electrons. The van der Waals surface area contributed by atoms with Crippen molar-refractivity contribution in [3.05, 3.63) is 53.5 Å². The predicted octanol–water partition coefficient (Wildman–Crippen LogP) is 4.16. The van der Waals surface area contributed by atoms with Gasteiger partial charge in [-0.1, -0.05) is 19.8 Å². The molecule has 0 radical (unpaired) electrons. The Morgan fingerprint density at radius 1 is 1.08 bits per heavy atom. The van der Waals surface area contributed by atoms with Crippen LogP contribution in [0.2, 0.25) is 0 Å². The summed E-state index contributed by atoms with van der Waals surface area (Å²) in [4.78, 5) is 15.9. The summed E-state index contributed by atoms with van der Waals surface area (Å²) in [7, 11) is 0. The van der Waals surface area contributed by atoms with Crippen LogP contribution < -0.4 is 10.6 Å². The number of anilines is 2. The maximum Gasteiger partial charge on any atom is 0.252 e. The molecule has 1 aromatic heterocycles. The van der Waals surface area contributed by atoms with Gasteiger partial charge in [0.15, 0.2) is 17.5 Å². The van der Waals surface area contributed by atoms with Gasteiger partial charge in [-0.3, -0.25) is 4.79 Å². The smallest absolute Gasteiger partial charge is 0.252 e. The standard InChI is InChI=1S/C17H18F3N3O/c1-2-3-4-9-21-17(24)11-5-8-14(22-10-11)23-13-7-6-12(18)15(19)16(13)20/h5-8,10H,2-4,9H2,1H3,(H,21,24)(H,22,23). The number of benzene rings is 1. The number of amides is 1. The van der Waals surface area contributed by atoms with Gasteiger partial charge in [0.2, 0.25) is 0 Å². The van der Waals surface area contributed by atoms with Crippen molar-refractivity contribution in [1.29, 1.82) is 0 Å². The van der Waals surface area contributed by atoms with Crippen LogP contribution in [0.1, 0.15) is 36.5 Å². The summed E-state index contributed by atoms with van der Waals surface area (Å²) in [6, 6.07) is 4.87. The lowest BCUT2D eigenvalue weighted by Gasteiger charge is -2.09. The summed E-state index contributed by atoms with van der Waals surface area (Å²) in [5, 5.41) is 5.32. The fraction of sp³-hybridized carbons (Fsp3) is 0.294. The van der Waals surface area contributed by atoms with Gasteiger partial charge in [-0.25, -0.2) is 18.2 Å². The third-order valence-corrected chi connectivity index (χ3v) is 3.39. The second-order valence-electron chi connectivity index (χ2n) is 5.24. The molecule has 0 aliphatic carbocycles. The van der Waals surface area contributed by atoms with Crippen LogP contribution in [0.15, 0.2) is 30.5 Å². The first kappa shape index (κ1) is 17.8. The molecule has 2 aromatic rings. The average molecular weight is 337 g/mol. The highest BCUT2D eigenvalue weighted by Crippen LogP contribution is 2.22. The van der Waals surface area contributed by atoms with Gasteiger partial charge in [0.05, 0.1) is 11.3 Å². The lowest BCUT2D eigenvalue weighted by atomic mass is 10.2. The first-order valence-electron chi connectivity index (χ1n) is 7.67. The third-order valence-electron chi connectivity index (χ3n) is 3.39. The van der Waals surface area contributed by atoms with E-state index in [-0.39, 0.29) is 17.4 Å². The van der Waals surface area contributed by atoms with Crippen LogP contribution in [0.3, 0.4) is 0 Å². The molecule has 0 unspecified atom stereocenters. The molecule has 0 saturated carbocycles. The number of hydrogen-bond acceptors (Lipinski definition) is 3. The first-order valence-corrected chi connectivity index (χ1v) is 7.67. The molecule has 0 atom stereocenters. The molecule has 1 aromatic carbocycles. The average Bonchev–Trinajstić information content (AvgIpc) is 2.59. The molecule has 24 heavy (non-hydrogen) atoms. The Kier molecular flexibility index (Phi) is 6.17. The van der Waals surface area contributed by atoms with Gasteiger partial charge < -0.3 is 10.6 Å². The van der Waals surface area contributed by atoms with Gasteiger partial charge in [0.1, 0.15) is 5.82 Å². The van der Waals surface area contributed by atoms with Gasteiger partial charge in [-0.05, 0) is 30.7 Å². The fourth-order valence-electron chi connectivity index (χ4n) is 2.04. The molecule has 0 aliphatic rings. The zero-order valence-electron chi connectivity index (χ0n) is 13.2. The monoisotopic (exact) mass is 337 g/mol. The van der Waals surface area contributed by atoms with Crippen LogP contribution in [0, 0.1) is 17.5 Å². The van der Waals surface area contributed by atoms with E-state index in [1.165, 1.54) is 18.3 Å². The molecule has 0 bridgehead atoms. The highest BCUT2D eigenvalue weighted by Gasteiger charge is 2.14. The summed E-state index contributed by atoms with van der Waals surface area (Å²) in [6.07, 6.45) is 4.35. The van der Waals surface area contributed by atoms with Gasteiger partial charge in [-0.15, -0.1) is 0 Å². The molecule has 7 heteroatoms. The fourth-order valence-corrected chi connectivity index (χ4v) is 2.04. The number of hydrogen-bond donors (Lipinski definition) is 2. The van der Waals surface area contributed by atoms with E-state index in [9.17, 15) is 18.0 Å². The normalized spacial score (nSPS) is 10.5. The molecule has 0 spiro atoms. The molecule has 2 rings (SSSR count). The number of halogens is 3. The number of aromatic nitrogens is 1. The van der Waals surface area contributed by atoms with E-state index < -0.39 is 17.5 Å². The lowest BCUT2D eigenvalue weighted by molar-refractivity contribution is 0.0952. The lowest BCUT2D eigenvalue weighted by Crippen LogP contribution is -2.24. The highest BCUT2D eigenvalue weighted by atomic mass is 19.2. The molecule has 1 amide bonds. The Hall–Kier alpha value is -2.57. The number of rotatable bonds is 7. The summed E-state index contributed by atoms with van der Waals surface area (Å²) in [6.45, 7) is 2.67. The second-order valence-corrected chi connectivity index (χ2v) is 5.24. The maximum absolute atomic E-state index is 13.6. The Morgan fingerprint density at radius 2 is 1.88 bits per heavy atom. The summed E-state index contributed by atoms with van der Waals surface area (Å²) >= 11 is 0. The van der Waals surface area contributed by atoms with Crippen molar-refractivity contribution in [2.24, 2.45) is 0 Å². The Balaban J connectivity index is 1.99. The van der Waals surface area contributed by atoms with E-state index in [0.717, 1.165) is 31.4 Å². The van der Waals surface area contributed by atoms with Gasteiger partial charge >= 0.3 is 0 Å². The largest absolute Gasteiger partial charge is 0.352 e. The minimum atomic E-state index is -1.55. The van der Waals surface area contributed by atoms with Crippen LogP contribution in [-0.2, 0) is 0 Å². The van der Waals surface area contributed by atoms with Crippen molar-refractivity contribution in [2.45, 2.75) is 26.2 Å². The molecular formula is C17H18F3N3O. The number of unbranched alkanes of at least 4 members (excludes halogenated alkanes) is 2. The predicted molar refractivity (Wildman–Crippen MR) is 85.7 cm³/mol. The van der Waals surface area contributed by atoms with Crippen molar-refractivity contribution in [2.75, 3.05) is 11.9 Å². The van der Waals surface area contributed by atoms with Crippen molar-refractivity contribution in [1.82, 2.24) is 10.3 Å². The summed E-state index contributed by atoms with van der Waals surface area (Å²) in [5.74, 6) is -4.18. The van der Waals surface area contributed by atoms with E-state index in [0.29, 0.717) is 12.1 Å². The molecular weight excluding hydrogens is 319 g/mol. The van der Waals surface area contributed by atoms with E-state index in [1.807, 2.05) is 0 Å². The van der Waals surface area contributed by atoms with Crippen molar-refractivity contribution in [3.8, 4) is 0 Å². The quantitative estimate of drug-likeness (QED) is 0.589. The number of carbonyl (C=O) groups excluding carboxylic acids is 1. The summed E-state index contributed by atoms with van der Waals surface area (Å²) < 4.78 is 39.6. The number of pyridine rings is 1. The molecule has 1 heterocycles. The summed E-state index contributed by atoms with van der Waals surface area (Å²) in [5.41, 5.74) is 0.126.